The van der Waals surface area contributed by atoms with Crippen molar-refractivity contribution in [3.8, 4) is 0 Å². The highest BCUT2D eigenvalue weighted by Crippen LogP contribution is 2.21. The molecular weight excluding hydrogens is 180 g/mol. The first kappa shape index (κ1) is 9.06. The zero-order valence-corrected chi connectivity index (χ0v) is 8.31. The second kappa shape index (κ2) is 4.65. The van der Waals surface area contributed by atoms with Gasteiger partial charge in [-0.2, -0.15) is 0 Å². The molecule has 0 spiro atoms. The average molecular weight is 194 g/mol. The number of thioether (sulfide) groups is 1. The zero-order valence-electron chi connectivity index (χ0n) is 7.49. The monoisotopic (exact) mass is 194 g/mol. The first-order valence-electron chi connectivity index (χ1n) is 4.61. The lowest BCUT2D eigenvalue weighted by molar-refractivity contribution is 0.507. The van der Waals surface area contributed by atoms with Gasteiger partial charge in [0.15, 0.2) is 0 Å². The van der Waals surface area contributed by atoms with Gasteiger partial charge in [0.1, 0.15) is 0 Å². The van der Waals surface area contributed by atoms with Crippen LogP contribution in [-0.2, 0) is 0 Å². The van der Waals surface area contributed by atoms with E-state index < -0.39 is 0 Å². The van der Waals surface area contributed by atoms with Gasteiger partial charge >= 0.3 is 0 Å². The fourth-order valence-corrected chi connectivity index (χ4v) is 2.42. The number of nitrogens with one attached hydrogen (secondary N) is 2. The van der Waals surface area contributed by atoms with Crippen LogP contribution in [0.25, 0.3) is 0 Å². The van der Waals surface area contributed by atoms with Gasteiger partial charge in [-0.05, 0) is 12.1 Å². The van der Waals surface area contributed by atoms with E-state index in [-0.39, 0.29) is 0 Å². The number of rotatable bonds is 2. The predicted molar refractivity (Wildman–Crippen MR) is 57.0 cm³/mol. The van der Waals surface area contributed by atoms with Crippen LogP contribution in [-0.4, -0.2) is 25.0 Å². The topological polar surface area (TPSA) is 24.1 Å². The maximum atomic E-state index is 3.47. The van der Waals surface area contributed by atoms with Gasteiger partial charge in [0.25, 0.3) is 0 Å². The Hall–Kier alpha value is -0.510. The van der Waals surface area contributed by atoms with Crippen LogP contribution < -0.4 is 10.6 Å². The summed E-state index contributed by atoms with van der Waals surface area (Å²) in [4.78, 5) is 1.34. The average Bonchev–Trinajstić information content (AvgIpc) is 2.21. The van der Waals surface area contributed by atoms with Crippen molar-refractivity contribution in [2.24, 2.45) is 0 Å². The smallest absolute Gasteiger partial charge is 0.0706 e. The van der Waals surface area contributed by atoms with Gasteiger partial charge in [-0.25, -0.2) is 0 Å². The Balaban J connectivity index is 1.90. The number of hydrogen-bond donors (Lipinski definition) is 2. The van der Waals surface area contributed by atoms with E-state index in [0.29, 0.717) is 5.37 Å². The molecule has 0 aliphatic carbocycles. The van der Waals surface area contributed by atoms with E-state index in [9.17, 15) is 0 Å². The summed E-state index contributed by atoms with van der Waals surface area (Å²) in [5.74, 6) is 0. The highest BCUT2D eigenvalue weighted by Gasteiger charge is 2.12. The highest BCUT2D eigenvalue weighted by atomic mass is 32.2. The van der Waals surface area contributed by atoms with Crippen LogP contribution in [0.2, 0.25) is 0 Å². The molecule has 2 nitrogen and oxygen atoms in total. The van der Waals surface area contributed by atoms with E-state index in [0.717, 1.165) is 19.6 Å². The summed E-state index contributed by atoms with van der Waals surface area (Å²) in [6.07, 6.45) is 0. The van der Waals surface area contributed by atoms with Crippen molar-refractivity contribution >= 4 is 11.8 Å². The third kappa shape index (κ3) is 2.72. The van der Waals surface area contributed by atoms with Crippen molar-refractivity contribution in [3.63, 3.8) is 0 Å². The van der Waals surface area contributed by atoms with Crippen molar-refractivity contribution in [2.75, 3.05) is 19.6 Å². The summed E-state index contributed by atoms with van der Waals surface area (Å²) in [5, 5.41) is 7.36. The summed E-state index contributed by atoms with van der Waals surface area (Å²) >= 11 is 1.89. The molecule has 1 unspecified atom stereocenters. The van der Waals surface area contributed by atoms with E-state index >= 15 is 0 Å². The summed E-state index contributed by atoms with van der Waals surface area (Å²) in [5.41, 5.74) is 0. The van der Waals surface area contributed by atoms with Crippen molar-refractivity contribution in [1.29, 1.82) is 0 Å². The summed E-state index contributed by atoms with van der Waals surface area (Å²) in [6, 6.07) is 10.5. The molecule has 13 heavy (non-hydrogen) atoms. The Bertz CT molecular complexity index is 244. The van der Waals surface area contributed by atoms with E-state index in [1.807, 2.05) is 11.8 Å². The highest BCUT2D eigenvalue weighted by molar-refractivity contribution is 8.00. The third-order valence-corrected chi connectivity index (χ3v) is 3.19. The molecule has 70 valence electrons. The van der Waals surface area contributed by atoms with Gasteiger partial charge in [-0.1, -0.05) is 18.2 Å². The minimum atomic E-state index is 0.524. The fourth-order valence-electron chi connectivity index (χ4n) is 1.37. The van der Waals surface area contributed by atoms with Crippen LogP contribution >= 0.6 is 11.8 Å². The van der Waals surface area contributed by atoms with Crippen LogP contribution in [0.5, 0.6) is 0 Å². The molecule has 1 saturated heterocycles. The Labute approximate surface area is 83.1 Å². The summed E-state index contributed by atoms with van der Waals surface area (Å²) in [7, 11) is 0. The first-order valence-corrected chi connectivity index (χ1v) is 5.49. The third-order valence-electron chi connectivity index (χ3n) is 2.03. The Morgan fingerprint density at radius 2 is 2.00 bits per heavy atom. The number of hydrogen-bond acceptors (Lipinski definition) is 3. The van der Waals surface area contributed by atoms with Gasteiger partial charge in [-0.3, -0.25) is 0 Å². The molecule has 0 radical (unpaired) electrons. The fraction of sp³-hybridized carbons (Fsp3) is 0.400. The lowest BCUT2D eigenvalue weighted by Gasteiger charge is -2.23. The van der Waals surface area contributed by atoms with Gasteiger partial charge in [0.2, 0.25) is 0 Å². The van der Waals surface area contributed by atoms with Crippen LogP contribution in [0.4, 0.5) is 0 Å². The van der Waals surface area contributed by atoms with E-state index in [1.54, 1.807) is 0 Å². The Morgan fingerprint density at radius 3 is 2.69 bits per heavy atom. The van der Waals surface area contributed by atoms with Crippen LogP contribution in [0, 0.1) is 0 Å². The molecular formula is C10H14N2S. The molecule has 0 aromatic heterocycles. The van der Waals surface area contributed by atoms with Crippen molar-refractivity contribution in [2.45, 2.75) is 10.3 Å². The van der Waals surface area contributed by atoms with Crippen LogP contribution in [0.3, 0.4) is 0 Å². The van der Waals surface area contributed by atoms with Gasteiger partial charge in [-0.15, -0.1) is 11.8 Å². The van der Waals surface area contributed by atoms with E-state index in [1.165, 1.54) is 4.90 Å². The lowest BCUT2D eigenvalue weighted by Crippen LogP contribution is -2.46. The molecule has 2 N–H and O–H groups in total. The first-order chi connectivity index (χ1) is 6.45. The molecule has 1 aromatic carbocycles. The maximum Gasteiger partial charge on any atom is 0.0706 e. The second-order valence-electron chi connectivity index (χ2n) is 3.08. The molecule has 1 aliphatic rings. The Kier molecular flexibility index (Phi) is 3.24. The van der Waals surface area contributed by atoms with Gasteiger partial charge in [0, 0.05) is 24.5 Å². The van der Waals surface area contributed by atoms with Crippen molar-refractivity contribution in [3.05, 3.63) is 30.3 Å². The zero-order chi connectivity index (χ0) is 8.93. The van der Waals surface area contributed by atoms with Gasteiger partial charge < -0.3 is 10.6 Å². The summed E-state index contributed by atoms with van der Waals surface area (Å²) in [6.45, 7) is 3.22. The van der Waals surface area contributed by atoms with E-state index in [4.69, 9.17) is 0 Å². The molecule has 1 fully saturated rings. The molecule has 1 aromatic rings. The maximum absolute atomic E-state index is 3.47. The van der Waals surface area contributed by atoms with Crippen molar-refractivity contribution < 1.29 is 0 Å². The lowest BCUT2D eigenvalue weighted by atomic mass is 10.4. The second-order valence-corrected chi connectivity index (χ2v) is 4.35. The largest absolute Gasteiger partial charge is 0.313 e. The molecule has 0 bridgehead atoms. The SMILES string of the molecule is c1ccc(SC2CNCCN2)cc1. The molecule has 0 saturated carbocycles. The molecule has 3 heteroatoms. The van der Waals surface area contributed by atoms with Crippen LogP contribution in [0.1, 0.15) is 0 Å². The normalized spacial score (nSPS) is 22.9. The predicted octanol–water partition coefficient (Wildman–Crippen LogP) is 1.30. The number of piperazine rings is 1. The van der Waals surface area contributed by atoms with Gasteiger partial charge in [0.05, 0.1) is 5.37 Å². The van der Waals surface area contributed by atoms with Crippen LogP contribution in [0.15, 0.2) is 35.2 Å². The molecule has 1 heterocycles. The molecule has 1 aliphatic heterocycles. The quantitative estimate of drug-likeness (QED) is 0.742. The summed E-state index contributed by atoms with van der Waals surface area (Å²) < 4.78 is 0. The molecule has 1 atom stereocenters. The Morgan fingerprint density at radius 1 is 1.15 bits per heavy atom. The van der Waals surface area contributed by atoms with Crippen molar-refractivity contribution in [1.82, 2.24) is 10.6 Å². The number of benzene rings is 1. The minimum Gasteiger partial charge on any atom is -0.313 e. The van der Waals surface area contributed by atoms with E-state index in [2.05, 4.69) is 41.0 Å². The molecule has 0 amide bonds. The minimum absolute atomic E-state index is 0.524. The molecule has 2 rings (SSSR count). The standard InChI is InChI=1S/C10H14N2S/c1-2-4-9(5-3-1)13-10-8-11-6-7-12-10/h1-5,10-12H,6-8H2.